The van der Waals surface area contributed by atoms with Gasteiger partial charge in [-0.05, 0) is 49.0 Å². The Morgan fingerprint density at radius 2 is 1.75 bits per heavy atom. The zero-order valence-corrected chi connectivity index (χ0v) is 18.7. The van der Waals surface area contributed by atoms with E-state index in [9.17, 15) is 9.90 Å². The SMILES string of the molecule is CN1CCN(c2ccc(NC3N=NC(NCc4ccc(O)cc4)=C3C(N)=O)cc2)CC1.Cl. The summed E-state index contributed by atoms with van der Waals surface area (Å²) in [5, 5.41) is 24.0. The van der Waals surface area contributed by atoms with Crippen LogP contribution in [0, 0.1) is 0 Å². The van der Waals surface area contributed by atoms with Crippen LogP contribution in [0.15, 0.2) is 70.2 Å². The van der Waals surface area contributed by atoms with Crippen LogP contribution in [0.1, 0.15) is 5.56 Å². The first-order valence-electron chi connectivity index (χ1n) is 10.3. The van der Waals surface area contributed by atoms with Crippen LogP contribution in [0.2, 0.25) is 0 Å². The van der Waals surface area contributed by atoms with Crippen LogP contribution in [-0.2, 0) is 11.3 Å². The van der Waals surface area contributed by atoms with E-state index in [0.29, 0.717) is 17.9 Å². The van der Waals surface area contributed by atoms with Crippen LogP contribution in [0.25, 0.3) is 0 Å². The number of carbonyl (C=O) groups is 1. The summed E-state index contributed by atoms with van der Waals surface area (Å²) in [6.07, 6.45) is -0.644. The number of rotatable bonds is 7. The van der Waals surface area contributed by atoms with Crippen molar-refractivity contribution in [1.29, 1.82) is 0 Å². The van der Waals surface area contributed by atoms with E-state index in [1.165, 1.54) is 5.69 Å². The number of phenols is 1. The van der Waals surface area contributed by atoms with Gasteiger partial charge in [-0.15, -0.1) is 17.5 Å². The predicted molar refractivity (Wildman–Crippen MR) is 127 cm³/mol. The first-order valence-corrected chi connectivity index (χ1v) is 10.3. The van der Waals surface area contributed by atoms with Gasteiger partial charge in [0, 0.05) is 44.1 Å². The zero-order chi connectivity index (χ0) is 21.8. The molecule has 10 heteroatoms. The molecule has 2 aromatic rings. The van der Waals surface area contributed by atoms with Crippen LogP contribution in [0.5, 0.6) is 5.75 Å². The quantitative estimate of drug-likeness (QED) is 0.506. The van der Waals surface area contributed by atoms with Gasteiger partial charge in [-0.3, -0.25) is 4.79 Å². The smallest absolute Gasteiger partial charge is 0.252 e. The molecule has 2 aliphatic rings. The fourth-order valence-corrected chi connectivity index (χ4v) is 3.63. The van der Waals surface area contributed by atoms with Gasteiger partial charge in [0.25, 0.3) is 5.91 Å². The summed E-state index contributed by atoms with van der Waals surface area (Å²) in [5.41, 5.74) is 8.85. The summed E-state index contributed by atoms with van der Waals surface area (Å²) in [6.45, 7) is 4.54. The second kappa shape index (κ2) is 10.3. The van der Waals surface area contributed by atoms with Crippen molar-refractivity contribution < 1.29 is 9.90 Å². The number of likely N-dealkylation sites (N-methyl/N-ethyl adjacent to an activating group) is 1. The summed E-state index contributed by atoms with van der Waals surface area (Å²) in [6, 6.07) is 14.9. The minimum absolute atomic E-state index is 0. The molecule has 0 aliphatic carbocycles. The highest BCUT2D eigenvalue weighted by molar-refractivity contribution is 5.94. The van der Waals surface area contributed by atoms with E-state index in [0.717, 1.165) is 37.4 Å². The highest BCUT2D eigenvalue weighted by Crippen LogP contribution is 2.25. The maximum Gasteiger partial charge on any atom is 0.252 e. The highest BCUT2D eigenvalue weighted by atomic mass is 35.5. The molecule has 1 amide bonds. The number of nitrogens with one attached hydrogen (secondary N) is 2. The molecule has 1 atom stereocenters. The van der Waals surface area contributed by atoms with Gasteiger partial charge < -0.3 is 31.3 Å². The zero-order valence-electron chi connectivity index (χ0n) is 17.9. The van der Waals surface area contributed by atoms with Crippen molar-refractivity contribution in [2.24, 2.45) is 16.0 Å². The van der Waals surface area contributed by atoms with Crippen molar-refractivity contribution in [1.82, 2.24) is 10.2 Å². The van der Waals surface area contributed by atoms with Crippen LogP contribution in [0.4, 0.5) is 11.4 Å². The maximum absolute atomic E-state index is 12.1. The topological polar surface area (TPSA) is 119 Å². The van der Waals surface area contributed by atoms with Crippen molar-refractivity contribution in [3.8, 4) is 5.75 Å². The number of anilines is 2. The first-order chi connectivity index (χ1) is 15.0. The molecule has 0 bridgehead atoms. The van der Waals surface area contributed by atoms with Crippen LogP contribution in [-0.4, -0.2) is 55.3 Å². The lowest BCUT2D eigenvalue weighted by Gasteiger charge is -2.34. The van der Waals surface area contributed by atoms with Gasteiger partial charge in [-0.25, -0.2) is 0 Å². The molecule has 170 valence electrons. The van der Waals surface area contributed by atoms with Crippen LogP contribution >= 0.6 is 12.4 Å². The molecular weight excluding hydrogens is 430 g/mol. The number of hydrogen-bond donors (Lipinski definition) is 4. The van der Waals surface area contributed by atoms with E-state index < -0.39 is 12.1 Å². The molecule has 9 nitrogen and oxygen atoms in total. The normalized spacial score (nSPS) is 18.4. The number of halogens is 1. The van der Waals surface area contributed by atoms with E-state index >= 15 is 0 Å². The third kappa shape index (κ3) is 5.49. The number of carbonyl (C=O) groups excluding carboxylic acids is 1. The average molecular weight is 458 g/mol. The minimum atomic E-state index is -0.644. The van der Waals surface area contributed by atoms with E-state index in [-0.39, 0.29) is 18.2 Å². The minimum Gasteiger partial charge on any atom is -0.508 e. The number of aromatic hydroxyl groups is 1. The molecule has 1 unspecified atom stereocenters. The number of azo groups is 1. The molecule has 32 heavy (non-hydrogen) atoms. The lowest BCUT2D eigenvalue weighted by molar-refractivity contribution is -0.114. The standard InChI is InChI=1S/C22H27N7O2.ClH/c1-28-10-12-29(13-11-28)17-6-4-16(5-7-17)25-22-19(20(23)31)21(26-27-22)24-14-15-2-8-18(30)9-3-15;/h2-9,22,24-25,30H,10-14H2,1H3,(H2,23,31);1H. The Bertz CT molecular complexity index is 984. The van der Waals surface area contributed by atoms with Crippen LogP contribution in [0.3, 0.4) is 0 Å². The monoisotopic (exact) mass is 457 g/mol. The summed E-state index contributed by atoms with van der Waals surface area (Å²) in [4.78, 5) is 16.8. The number of phenolic OH excluding ortho intramolecular Hbond substituents is 1. The van der Waals surface area contributed by atoms with Crippen molar-refractivity contribution >= 4 is 29.7 Å². The maximum atomic E-state index is 12.1. The van der Waals surface area contributed by atoms with Gasteiger partial charge in [-0.2, -0.15) is 5.11 Å². The lowest BCUT2D eigenvalue weighted by atomic mass is 10.1. The molecule has 2 heterocycles. The van der Waals surface area contributed by atoms with Crippen molar-refractivity contribution in [2.75, 3.05) is 43.4 Å². The molecule has 1 saturated heterocycles. The number of amides is 1. The van der Waals surface area contributed by atoms with E-state index in [1.54, 1.807) is 24.3 Å². The third-order valence-electron chi connectivity index (χ3n) is 5.50. The Kier molecular flexibility index (Phi) is 7.55. The van der Waals surface area contributed by atoms with Crippen molar-refractivity contribution in [3.05, 3.63) is 65.5 Å². The molecule has 5 N–H and O–H groups in total. The molecule has 1 fully saturated rings. The largest absolute Gasteiger partial charge is 0.508 e. The van der Waals surface area contributed by atoms with Gasteiger partial charge in [-0.1, -0.05) is 12.1 Å². The summed E-state index contributed by atoms with van der Waals surface area (Å²) in [7, 11) is 2.14. The molecule has 4 rings (SSSR count). The van der Waals surface area contributed by atoms with Crippen LogP contribution < -0.4 is 21.3 Å². The van der Waals surface area contributed by atoms with Gasteiger partial charge in [0.15, 0.2) is 12.0 Å². The summed E-state index contributed by atoms with van der Waals surface area (Å²) < 4.78 is 0. The molecule has 0 radical (unpaired) electrons. The number of nitrogens with two attached hydrogens (primary N) is 1. The Morgan fingerprint density at radius 3 is 2.38 bits per heavy atom. The molecular formula is C22H28ClN7O2. The second-order valence-electron chi connectivity index (χ2n) is 7.75. The number of nitrogens with zero attached hydrogens (tertiary/aromatic N) is 4. The predicted octanol–water partition coefficient (Wildman–Crippen LogP) is 2.26. The number of primary amides is 1. The van der Waals surface area contributed by atoms with E-state index in [4.69, 9.17) is 5.73 Å². The van der Waals surface area contributed by atoms with E-state index in [1.807, 2.05) is 12.1 Å². The fourth-order valence-electron chi connectivity index (χ4n) is 3.63. The lowest BCUT2D eigenvalue weighted by Crippen LogP contribution is -2.44. The van der Waals surface area contributed by atoms with Gasteiger partial charge >= 0.3 is 0 Å². The summed E-state index contributed by atoms with van der Waals surface area (Å²) in [5.74, 6) is -0.0267. The Labute approximate surface area is 193 Å². The Hall–Kier alpha value is -3.30. The van der Waals surface area contributed by atoms with Gasteiger partial charge in [0.1, 0.15) is 11.3 Å². The number of hydrogen-bond acceptors (Lipinski definition) is 8. The summed E-state index contributed by atoms with van der Waals surface area (Å²) >= 11 is 0. The molecule has 2 aliphatic heterocycles. The van der Waals surface area contributed by atoms with Crippen molar-refractivity contribution in [2.45, 2.75) is 12.7 Å². The molecule has 0 spiro atoms. The highest BCUT2D eigenvalue weighted by Gasteiger charge is 2.28. The second-order valence-corrected chi connectivity index (χ2v) is 7.75. The Balaban J connectivity index is 0.00000289. The van der Waals surface area contributed by atoms with Gasteiger partial charge in [0.2, 0.25) is 0 Å². The van der Waals surface area contributed by atoms with Gasteiger partial charge in [0.05, 0.1) is 0 Å². The first kappa shape index (κ1) is 23.4. The van der Waals surface area contributed by atoms with E-state index in [2.05, 4.69) is 49.8 Å². The third-order valence-corrected chi connectivity index (χ3v) is 5.50. The molecule has 0 aromatic heterocycles. The average Bonchev–Trinajstić information content (AvgIpc) is 3.17. The number of benzene rings is 2. The molecule has 2 aromatic carbocycles. The molecule has 0 saturated carbocycles. The number of piperazine rings is 1. The fraction of sp³-hybridized carbons (Fsp3) is 0.318. The Morgan fingerprint density at radius 1 is 1.09 bits per heavy atom. The van der Waals surface area contributed by atoms with Crippen molar-refractivity contribution in [3.63, 3.8) is 0 Å².